The third kappa shape index (κ3) is 4.76. The molecule has 1 unspecified atom stereocenters. The lowest BCUT2D eigenvalue weighted by molar-refractivity contribution is 0.561. The summed E-state index contributed by atoms with van der Waals surface area (Å²) in [5, 5.41) is 3.74. The molecule has 1 atom stereocenters. The van der Waals surface area contributed by atoms with E-state index in [0.717, 1.165) is 50.9 Å². The Morgan fingerprint density at radius 3 is 1.82 bits per heavy atom. The third-order valence-corrected chi connectivity index (χ3v) is 8.98. The van der Waals surface area contributed by atoms with Crippen molar-refractivity contribution in [3.8, 4) is 33.6 Å². The Hall–Kier alpha value is -5.61. The number of rotatable bonds is 5. The maximum atomic E-state index is 5.37. The molecular weight excluding hydrogens is 548 g/mol. The van der Waals surface area contributed by atoms with Crippen molar-refractivity contribution in [3.63, 3.8) is 0 Å². The van der Waals surface area contributed by atoms with Gasteiger partial charge in [-0.15, -0.1) is 0 Å². The number of benzene rings is 5. The van der Waals surface area contributed by atoms with Crippen LogP contribution in [0.1, 0.15) is 42.3 Å². The summed E-state index contributed by atoms with van der Waals surface area (Å²) in [5.41, 5.74) is 11.9. The van der Waals surface area contributed by atoms with Gasteiger partial charge in [-0.05, 0) is 39.5 Å². The highest BCUT2D eigenvalue weighted by atomic mass is 15.1. The average Bonchev–Trinajstić information content (AvgIpc) is 3.34. The van der Waals surface area contributed by atoms with E-state index in [2.05, 4.69) is 147 Å². The van der Waals surface area contributed by atoms with Crippen LogP contribution in [0.3, 0.4) is 0 Å². The summed E-state index contributed by atoms with van der Waals surface area (Å²) in [4.78, 5) is 15.6. The quantitative estimate of drug-likeness (QED) is 0.221. The molecule has 1 aliphatic carbocycles. The Kier molecular flexibility index (Phi) is 6.49. The predicted octanol–water partition coefficient (Wildman–Crippen LogP) is 9.27. The predicted molar refractivity (Wildman–Crippen MR) is 184 cm³/mol. The second-order valence-electron chi connectivity index (χ2n) is 12.2. The fraction of sp³-hybridized carbons (Fsp3) is 0.0976. The molecule has 1 aliphatic heterocycles. The first-order chi connectivity index (χ1) is 22.1. The summed E-state index contributed by atoms with van der Waals surface area (Å²) in [6.07, 6.45) is 1.99. The SMILES string of the molecule is CC1(C)C2=C(NC(c3ccc(-c4ccccc4)cc3)=NC2c2ccccc2)c2cnc(-c3cccc(-c4ccccc4)c3)nc21. The summed E-state index contributed by atoms with van der Waals surface area (Å²) in [6.45, 7) is 4.52. The maximum Gasteiger partial charge on any atom is 0.159 e. The van der Waals surface area contributed by atoms with Gasteiger partial charge in [0.2, 0.25) is 0 Å². The van der Waals surface area contributed by atoms with Crippen molar-refractivity contribution in [2.24, 2.45) is 4.99 Å². The maximum absolute atomic E-state index is 5.37. The van der Waals surface area contributed by atoms with E-state index in [1.807, 2.05) is 18.3 Å². The molecule has 1 aromatic heterocycles. The molecule has 8 rings (SSSR count). The molecule has 216 valence electrons. The van der Waals surface area contributed by atoms with E-state index in [4.69, 9.17) is 15.0 Å². The zero-order valence-corrected chi connectivity index (χ0v) is 25.3. The minimum Gasteiger partial charge on any atom is -0.339 e. The fourth-order valence-corrected chi connectivity index (χ4v) is 6.67. The van der Waals surface area contributed by atoms with Crippen LogP contribution in [0.5, 0.6) is 0 Å². The fourth-order valence-electron chi connectivity index (χ4n) is 6.67. The Bertz CT molecular complexity index is 2080. The van der Waals surface area contributed by atoms with E-state index in [9.17, 15) is 0 Å². The summed E-state index contributed by atoms with van der Waals surface area (Å²) in [5.74, 6) is 1.58. The van der Waals surface area contributed by atoms with Crippen molar-refractivity contribution in [1.82, 2.24) is 15.3 Å². The average molecular weight is 581 g/mol. The normalized spacial score (nSPS) is 16.4. The summed E-state index contributed by atoms with van der Waals surface area (Å²) >= 11 is 0. The molecule has 2 aliphatic rings. The van der Waals surface area contributed by atoms with Crippen LogP contribution >= 0.6 is 0 Å². The molecule has 0 radical (unpaired) electrons. The van der Waals surface area contributed by atoms with E-state index in [1.165, 1.54) is 22.3 Å². The van der Waals surface area contributed by atoms with Crippen molar-refractivity contribution in [3.05, 3.63) is 174 Å². The summed E-state index contributed by atoms with van der Waals surface area (Å²) in [7, 11) is 0. The monoisotopic (exact) mass is 580 g/mol. The van der Waals surface area contributed by atoms with Gasteiger partial charge in [0.25, 0.3) is 0 Å². The van der Waals surface area contributed by atoms with Gasteiger partial charge in [0, 0.05) is 28.3 Å². The molecule has 1 N–H and O–H groups in total. The van der Waals surface area contributed by atoms with Gasteiger partial charge in [-0.25, -0.2) is 9.97 Å². The molecule has 0 amide bonds. The number of aromatic nitrogens is 2. The van der Waals surface area contributed by atoms with Crippen molar-refractivity contribution >= 4 is 11.5 Å². The Morgan fingerprint density at radius 2 is 1.13 bits per heavy atom. The molecule has 45 heavy (non-hydrogen) atoms. The Balaban J connectivity index is 1.20. The number of nitrogens with one attached hydrogen (secondary N) is 1. The van der Waals surface area contributed by atoms with Crippen LogP contribution in [0.2, 0.25) is 0 Å². The standard InChI is InChI=1S/C41H32N4/c1-41(2)35-36(30-17-10-5-11-18-30)43-40(31-23-21-29(22-24-31)27-13-6-3-7-14-27)44-37(35)34-26-42-39(45-38(34)41)33-20-12-19-32(25-33)28-15-8-4-9-16-28/h3-26,36H,1-2H3,(H,43,44). The molecule has 4 heteroatoms. The van der Waals surface area contributed by atoms with E-state index in [1.54, 1.807) is 0 Å². The van der Waals surface area contributed by atoms with Crippen LogP contribution in [0.25, 0.3) is 39.3 Å². The minimum atomic E-state index is -0.362. The number of fused-ring (bicyclic) bond motifs is 2. The van der Waals surface area contributed by atoms with Gasteiger partial charge in [-0.3, -0.25) is 4.99 Å². The van der Waals surface area contributed by atoms with Crippen LogP contribution in [0.15, 0.2) is 156 Å². The molecule has 0 bridgehead atoms. The van der Waals surface area contributed by atoms with Crippen molar-refractivity contribution < 1.29 is 0 Å². The zero-order valence-electron chi connectivity index (χ0n) is 25.3. The number of aliphatic imine (C=N–C) groups is 1. The van der Waals surface area contributed by atoms with Crippen LogP contribution in [-0.2, 0) is 5.41 Å². The zero-order chi connectivity index (χ0) is 30.4. The minimum absolute atomic E-state index is 0.152. The molecular formula is C41H32N4. The molecule has 2 heterocycles. The van der Waals surface area contributed by atoms with Gasteiger partial charge in [0.1, 0.15) is 11.9 Å². The first-order valence-corrected chi connectivity index (χ1v) is 15.4. The molecule has 0 saturated carbocycles. The molecule has 0 spiro atoms. The van der Waals surface area contributed by atoms with Gasteiger partial charge in [-0.2, -0.15) is 0 Å². The lowest BCUT2D eigenvalue weighted by Crippen LogP contribution is -2.32. The summed E-state index contributed by atoms with van der Waals surface area (Å²) < 4.78 is 0. The van der Waals surface area contributed by atoms with Crippen LogP contribution < -0.4 is 5.32 Å². The smallest absolute Gasteiger partial charge is 0.159 e. The number of hydrogen-bond acceptors (Lipinski definition) is 4. The lowest BCUT2D eigenvalue weighted by atomic mass is 9.78. The highest BCUT2D eigenvalue weighted by molar-refractivity contribution is 6.07. The molecule has 0 saturated heterocycles. The van der Waals surface area contributed by atoms with E-state index >= 15 is 0 Å². The molecule has 5 aromatic carbocycles. The number of hydrogen-bond donors (Lipinski definition) is 1. The second-order valence-corrected chi connectivity index (χ2v) is 12.2. The number of nitrogens with zero attached hydrogens (tertiary/aromatic N) is 3. The Labute approximate surface area is 263 Å². The van der Waals surface area contributed by atoms with Crippen LogP contribution in [0.4, 0.5) is 0 Å². The molecule has 0 fully saturated rings. The van der Waals surface area contributed by atoms with Crippen molar-refractivity contribution in [2.75, 3.05) is 0 Å². The highest BCUT2D eigenvalue weighted by Crippen LogP contribution is 2.52. The van der Waals surface area contributed by atoms with Gasteiger partial charge in [0.15, 0.2) is 5.82 Å². The van der Waals surface area contributed by atoms with Crippen molar-refractivity contribution in [2.45, 2.75) is 25.3 Å². The van der Waals surface area contributed by atoms with Crippen LogP contribution in [-0.4, -0.2) is 15.8 Å². The first kappa shape index (κ1) is 27.0. The largest absolute Gasteiger partial charge is 0.339 e. The number of amidine groups is 1. The topological polar surface area (TPSA) is 50.2 Å². The van der Waals surface area contributed by atoms with Crippen LogP contribution in [0, 0.1) is 0 Å². The van der Waals surface area contributed by atoms with Gasteiger partial charge in [0.05, 0.1) is 11.4 Å². The van der Waals surface area contributed by atoms with Crippen molar-refractivity contribution in [1.29, 1.82) is 0 Å². The van der Waals surface area contributed by atoms with Gasteiger partial charge in [-0.1, -0.05) is 147 Å². The van der Waals surface area contributed by atoms with E-state index < -0.39 is 0 Å². The molecule has 6 aromatic rings. The van der Waals surface area contributed by atoms with Gasteiger partial charge < -0.3 is 5.32 Å². The van der Waals surface area contributed by atoms with Gasteiger partial charge >= 0.3 is 0 Å². The third-order valence-electron chi connectivity index (χ3n) is 8.98. The first-order valence-electron chi connectivity index (χ1n) is 15.4. The van der Waals surface area contributed by atoms with E-state index in [0.29, 0.717) is 0 Å². The summed E-state index contributed by atoms with van der Waals surface area (Å²) in [6, 6.07) is 48.5. The second kappa shape index (κ2) is 10.8. The molecule has 4 nitrogen and oxygen atoms in total. The van der Waals surface area contributed by atoms with E-state index in [-0.39, 0.29) is 11.5 Å². The lowest BCUT2D eigenvalue weighted by Gasteiger charge is -2.32. The highest BCUT2D eigenvalue weighted by Gasteiger charge is 2.46. The Morgan fingerprint density at radius 1 is 0.578 bits per heavy atom.